The first-order chi connectivity index (χ1) is 9.19. The summed E-state index contributed by atoms with van der Waals surface area (Å²) in [7, 11) is 0. The van der Waals surface area contributed by atoms with E-state index in [-0.39, 0.29) is 0 Å². The van der Waals surface area contributed by atoms with Crippen molar-refractivity contribution in [3.8, 4) is 5.75 Å². The highest BCUT2D eigenvalue weighted by atomic mass is 32.1. The average Bonchev–Trinajstić information content (AvgIpc) is 2.83. The summed E-state index contributed by atoms with van der Waals surface area (Å²) < 4.78 is 5.44. The maximum atomic E-state index is 5.44. The highest BCUT2D eigenvalue weighted by molar-refractivity contribution is 7.09. The lowest BCUT2D eigenvalue weighted by Gasteiger charge is -2.14. The first-order valence-corrected chi connectivity index (χ1v) is 7.44. The second kappa shape index (κ2) is 6.68. The van der Waals surface area contributed by atoms with E-state index in [1.54, 1.807) is 11.3 Å². The molecule has 2 aromatic rings. The van der Waals surface area contributed by atoms with Crippen LogP contribution in [0, 0.1) is 6.92 Å². The molecular formula is C15H20N2OS. The predicted molar refractivity (Wildman–Crippen MR) is 79.7 cm³/mol. The third kappa shape index (κ3) is 4.04. The Hall–Kier alpha value is -1.39. The van der Waals surface area contributed by atoms with E-state index in [0.717, 1.165) is 23.0 Å². The Bertz CT molecular complexity index is 507. The van der Waals surface area contributed by atoms with E-state index in [1.807, 2.05) is 26.0 Å². The van der Waals surface area contributed by atoms with Gasteiger partial charge in [0.25, 0.3) is 0 Å². The molecule has 102 valence electrons. The summed E-state index contributed by atoms with van der Waals surface area (Å²) in [6.07, 6.45) is 0. The molecule has 0 aliphatic rings. The zero-order chi connectivity index (χ0) is 13.7. The first-order valence-electron chi connectivity index (χ1n) is 6.56. The van der Waals surface area contributed by atoms with E-state index in [1.165, 1.54) is 5.56 Å². The molecule has 0 bridgehead atoms. The molecule has 1 N–H and O–H groups in total. The molecule has 1 unspecified atom stereocenters. The molecule has 4 heteroatoms. The number of nitrogens with one attached hydrogen (secondary N) is 1. The number of rotatable bonds is 6. The number of nitrogens with zero attached hydrogens (tertiary/aromatic N) is 1. The fourth-order valence-electron chi connectivity index (χ4n) is 1.88. The Morgan fingerprint density at radius 2 is 2.05 bits per heavy atom. The van der Waals surface area contributed by atoms with Crippen LogP contribution in [0.1, 0.15) is 36.2 Å². The van der Waals surface area contributed by atoms with Gasteiger partial charge in [0.2, 0.25) is 0 Å². The van der Waals surface area contributed by atoms with E-state index in [4.69, 9.17) is 4.74 Å². The van der Waals surface area contributed by atoms with Crippen molar-refractivity contribution in [3.05, 3.63) is 45.9 Å². The Morgan fingerprint density at radius 3 is 2.63 bits per heavy atom. The normalized spacial score (nSPS) is 12.4. The predicted octanol–water partition coefficient (Wildman–Crippen LogP) is 3.70. The molecule has 0 aliphatic heterocycles. The topological polar surface area (TPSA) is 34.1 Å². The highest BCUT2D eigenvalue weighted by Gasteiger charge is 2.06. The molecule has 19 heavy (non-hydrogen) atoms. The van der Waals surface area contributed by atoms with Gasteiger partial charge in [-0.25, -0.2) is 4.98 Å². The van der Waals surface area contributed by atoms with Gasteiger partial charge in [0.15, 0.2) is 0 Å². The summed E-state index contributed by atoms with van der Waals surface area (Å²) in [6.45, 7) is 7.70. The molecule has 1 aromatic carbocycles. The highest BCUT2D eigenvalue weighted by Crippen LogP contribution is 2.18. The van der Waals surface area contributed by atoms with Gasteiger partial charge in [-0.1, -0.05) is 12.1 Å². The Labute approximate surface area is 118 Å². The third-order valence-corrected chi connectivity index (χ3v) is 3.77. The zero-order valence-corrected chi connectivity index (χ0v) is 12.5. The van der Waals surface area contributed by atoms with Crippen molar-refractivity contribution in [2.75, 3.05) is 6.61 Å². The molecule has 0 radical (unpaired) electrons. The lowest BCUT2D eigenvalue weighted by atomic mass is 10.1. The summed E-state index contributed by atoms with van der Waals surface area (Å²) >= 11 is 1.69. The van der Waals surface area contributed by atoms with Gasteiger partial charge < -0.3 is 10.1 Å². The monoisotopic (exact) mass is 276 g/mol. The van der Waals surface area contributed by atoms with Gasteiger partial charge in [-0.2, -0.15) is 0 Å². The second-order valence-corrected chi connectivity index (χ2v) is 5.52. The van der Waals surface area contributed by atoms with E-state index in [9.17, 15) is 0 Å². The molecule has 1 aromatic heterocycles. The number of ether oxygens (including phenoxy) is 1. The van der Waals surface area contributed by atoms with Crippen LogP contribution in [0.3, 0.4) is 0 Å². The summed E-state index contributed by atoms with van der Waals surface area (Å²) in [5.41, 5.74) is 2.37. The summed E-state index contributed by atoms with van der Waals surface area (Å²) in [5.74, 6) is 0.925. The smallest absolute Gasteiger partial charge is 0.119 e. The molecule has 0 amide bonds. The molecule has 0 spiro atoms. The van der Waals surface area contributed by atoms with E-state index in [2.05, 4.69) is 34.7 Å². The van der Waals surface area contributed by atoms with E-state index >= 15 is 0 Å². The molecule has 2 rings (SSSR count). The number of thiazole rings is 1. The Kier molecular flexibility index (Phi) is 4.93. The zero-order valence-electron chi connectivity index (χ0n) is 11.6. The van der Waals surface area contributed by atoms with Crippen LogP contribution >= 0.6 is 11.3 Å². The van der Waals surface area contributed by atoms with Crippen LogP contribution in [0.4, 0.5) is 0 Å². The number of benzene rings is 1. The van der Waals surface area contributed by atoms with Crippen LogP contribution < -0.4 is 10.1 Å². The van der Waals surface area contributed by atoms with Gasteiger partial charge in [-0.05, 0) is 38.5 Å². The number of aromatic nitrogens is 1. The molecule has 1 atom stereocenters. The number of hydrogen-bond acceptors (Lipinski definition) is 4. The van der Waals surface area contributed by atoms with Gasteiger partial charge in [-0.15, -0.1) is 11.3 Å². The Balaban J connectivity index is 1.90. The number of aryl methyl sites for hydroxylation is 1. The molecule has 0 saturated heterocycles. The minimum absolute atomic E-state index is 0.303. The summed E-state index contributed by atoms with van der Waals surface area (Å²) in [5, 5.41) is 6.70. The fraction of sp³-hybridized carbons (Fsp3) is 0.400. The SMILES string of the molecule is CCOc1ccc(C(C)NCc2csc(C)n2)cc1. The van der Waals surface area contributed by atoms with Gasteiger partial charge in [0, 0.05) is 18.0 Å². The molecule has 0 saturated carbocycles. The number of hydrogen-bond donors (Lipinski definition) is 1. The quantitative estimate of drug-likeness (QED) is 0.873. The molecule has 1 heterocycles. The van der Waals surface area contributed by atoms with Crippen LogP contribution in [0.5, 0.6) is 5.75 Å². The van der Waals surface area contributed by atoms with Crippen molar-refractivity contribution in [3.63, 3.8) is 0 Å². The van der Waals surface area contributed by atoms with Gasteiger partial charge in [-0.3, -0.25) is 0 Å². The van der Waals surface area contributed by atoms with Crippen LogP contribution in [0.2, 0.25) is 0 Å². The molecule has 0 aliphatic carbocycles. The van der Waals surface area contributed by atoms with Gasteiger partial charge in [0.05, 0.1) is 17.3 Å². The summed E-state index contributed by atoms with van der Waals surface area (Å²) in [6, 6.07) is 8.55. The van der Waals surface area contributed by atoms with Crippen molar-refractivity contribution < 1.29 is 4.74 Å². The Morgan fingerprint density at radius 1 is 1.32 bits per heavy atom. The van der Waals surface area contributed by atoms with Crippen LogP contribution in [0.25, 0.3) is 0 Å². The second-order valence-electron chi connectivity index (χ2n) is 4.46. The van der Waals surface area contributed by atoms with Gasteiger partial charge >= 0.3 is 0 Å². The lowest BCUT2D eigenvalue weighted by molar-refractivity contribution is 0.340. The van der Waals surface area contributed by atoms with Crippen molar-refractivity contribution in [1.29, 1.82) is 0 Å². The maximum absolute atomic E-state index is 5.44. The lowest BCUT2D eigenvalue weighted by Crippen LogP contribution is -2.18. The standard InChI is InChI=1S/C15H20N2OS/c1-4-18-15-7-5-13(6-8-15)11(2)16-9-14-10-19-12(3)17-14/h5-8,10-11,16H,4,9H2,1-3H3. The van der Waals surface area contributed by atoms with Crippen molar-refractivity contribution in [2.24, 2.45) is 0 Å². The minimum Gasteiger partial charge on any atom is -0.494 e. The van der Waals surface area contributed by atoms with Crippen molar-refractivity contribution in [2.45, 2.75) is 33.4 Å². The van der Waals surface area contributed by atoms with Crippen LogP contribution in [-0.2, 0) is 6.54 Å². The fourth-order valence-corrected chi connectivity index (χ4v) is 2.50. The first kappa shape index (κ1) is 14.0. The largest absolute Gasteiger partial charge is 0.494 e. The maximum Gasteiger partial charge on any atom is 0.119 e. The van der Waals surface area contributed by atoms with Crippen LogP contribution in [-0.4, -0.2) is 11.6 Å². The van der Waals surface area contributed by atoms with Crippen LogP contribution in [0.15, 0.2) is 29.6 Å². The summed E-state index contributed by atoms with van der Waals surface area (Å²) in [4.78, 5) is 4.45. The van der Waals surface area contributed by atoms with Gasteiger partial charge in [0.1, 0.15) is 5.75 Å². The third-order valence-electron chi connectivity index (χ3n) is 2.95. The molecular weight excluding hydrogens is 256 g/mol. The van der Waals surface area contributed by atoms with Crippen molar-refractivity contribution >= 4 is 11.3 Å². The minimum atomic E-state index is 0.303. The van der Waals surface area contributed by atoms with Crippen molar-refractivity contribution in [1.82, 2.24) is 10.3 Å². The average molecular weight is 276 g/mol. The molecule has 0 fully saturated rings. The van der Waals surface area contributed by atoms with E-state index < -0.39 is 0 Å². The van der Waals surface area contributed by atoms with E-state index in [0.29, 0.717) is 12.6 Å². The molecule has 3 nitrogen and oxygen atoms in total.